The average Bonchev–Trinajstić information content (AvgIpc) is 2.94. The molecule has 5 aliphatic carbocycles. The van der Waals surface area contributed by atoms with Crippen molar-refractivity contribution < 1.29 is 29.6 Å². The average molecular weight is 619 g/mol. The van der Waals surface area contributed by atoms with Crippen molar-refractivity contribution in [2.45, 2.75) is 118 Å². The maximum atomic E-state index is 13.0. The minimum atomic E-state index is -0.780. The summed E-state index contributed by atoms with van der Waals surface area (Å²) in [5, 5.41) is 31.9. The number of aliphatic carboxylic acids is 1. The monoisotopic (exact) mass is 618 g/mol. The number of fused-ring (bicyclic) bond motifs is 7. The number of carboxylic acid groups (broad SMARTS) is 1. The molecule has 3 N–H and O–H groups in total. The molecule has 45 heavy (non-hydrogen) atoms. The number of carbonyl (C=O) groups is 2. The fourth-order valence-corrected chi connectivity index (χ4v) is 11.9. The molecule has 0 aliphatic heterocycles. The Morgan fingerprint density at radius 3 is 2.22 bits per heavy atom. The maximum absolute atomic E-state index is 13.0. The van der Waals surface area contributed by atoms with Crippen LogP contribution in [-0.4, -0.2) is 39.5 Å². The molecule has 9 atom stereocenters. The first kappa shape index (κ1) is 32.3. The van der Waals surface area contributed by atoms with E-state index in [4.69, 9.17) is 4.74 Å². The van der Waals surface area contributed by atoms with Crippen LogP contribution < -0.4 is 0 Å². The van der Waals surface area contributed by atoms with Gasteiger partial charge in [-0.05, 0) is 121 Å². The zero-order valence-corrected chi connectivity index (χ0v) is 28.4. The molecule has 1 aromatic rings. The summed E-state index contributed by atoms with van der Waals surface area (Å²) >= 11 is 0. The van der Waals surface area contributed by atoms with Crippen molar-refractivity contribution in [3.05, 3.63) is 47.6 Å². The Balaban J connectivity index is 1.29. The Kier molecular flexibility index (Phi) is 7.51. The van der Waals surface area contributed by atoms with E-state index in [1.165, 1.54) is 11.6 Å². The summed E-state index contributed by atoms with van der Waals surface area (Å²) in [7, 11) is 0. The number of benzene rings is 1. The Hall–Kier alpha value is -2.60. The van der Waals surface area contributed by atoms with Gasteiger partial charge < -0.3 is 20.1 Å². The lowest BCUT2D eigenvalue weighted by Crippen LogP contribution is -2.67. The highest BCUT2D eigenvalue weighted by Crippen LogP contribution is 2.75. The zero-order valence-electron chi connectivity index (χ0n) is 28.4. The summed E-state index contributed by atoms with van der Waals surface area (Å²) < 4.78 is 6.04. The Bertz CT molecular complexity index is 1420. The first-order valence-corrected chi connectivity index (χ1v) is 17.2. The van der Waals surface area contributed by atoms with Gasteiger partial charge in [0.2, 0.25) is 0 Å². The van der Waals surface area contributed by atoms with Gasteiger partial charge in [0.1, 0.15) is 11.9 Å². The summed E-state index contributed by atoms with van der Waals surface area (Å²) in [5.41, 5.74) is 0.991. The van der Waals surface area contributed by atoms with Gasteiger partial charge in [0.25, 0.3) is 0 Å². The van der Waals surface area contributed by atoms with Crippen molar-refractivity contribution in [2.24, 2.45) is 50.2 Å². The number of allylic oxidation sites excluding steroid dienone is 2. The zero-order chi connectivity index (χ0) is 32.8. The smallest absolute Gasteiger partial charge is 0.331 e. The van der Waals surface area contributed by atoms with E-state index in [1.807, 2.05) is 0 Å². The molecule has 0 spiro atoms. The quantitative estimate of drug-likeness (QED) is 0.179. The molecule has 0 radical (unpaired) electrons. The second kappa shape index (κ2) is 10.5. The fourth-order valence-electron chi connectivity index (χ4n) is 11.9. The minimum Gasteiger partial charge on any atom is -0.508 e. The number of hydrogen-bond donors (Lipinski definition) is 3. The Morgan fingerprint density at radius 1 is 0.889 bits per heavy atom. The molecule has 6 heteroatoms. The number of aliphatic hydroxyl groups is 1. The van der Waals surface area contributed by atoms with E-state index in [0.717, 1.165) is 56.9 Å². The fraction of sp³-hybridized carbons (Fsp3) is 0.692. The third kappa shape index (κ3) is 4.74. The summed E-state index contributed by atoms with van der Waals surface area (Å²) in [6.07, 6.45) is 12.0. The molecule has 1 aromatic carbocycles. The van der Waals surface area contributed by atoms with Gasteiger partial charge in [-0.25, -0.2) is 4.79 Å². The van der Waals surface area contributed by atoms with E-state index < -0.39 is 35.0 Å². The van der Waals surface area contributed by atoms with Gasteiger partial charge in [-0.15, -0.1) is 0 Å². The number of rotatable bonds is 4. The van der Waals surface area contributed by atoms with E-state index >= 15 is 0 Å². The van der Waals surface area contributed by atoms with Crippen molar-refractivity contribution in [1.29, 1.82) is 0 Å². The molecule has 5 aliphatic rings. The van der Waals surface area contributed by atoms with Crippen LogP contribution in [0, 0.1) is 50.2 Å². The number of carboxylic acids is 1. The number of phenolic OH excluding ortho intramolecular Hbond substituents is 1. The Morgan fingerprint density at radius 2 is 1.56 bits per heavy atom. The number of phenols is 1. The molecule has 0 saturated heterocycles. The van der Waals surface area contributed by atoms with Gasteiger partial charge in [-0.2, -0.15) is 0 Å². The molecule has 0 heterocycles. The normalized spacial score (nSPS) is 43.2. The summed E-state index contributed by atoms with van der Waals surface area (Å²) in [5.74, 6) is -0.230. The van der Waals surface area contributed by atoms with Crippen LogP contribution >= 0.6 is 0 Å². The number of hydrogen-bond acceptors (Lipinski definition) is 5. The topological polar surface area (TPSA) is 104 Å². The van der Waals surface area contributed by atoms with Crippen LogP contribution in [0.3, 0.4) is 0 Å². The van der Waals surface area contributed by atoms with E-state index in [1.54, 1.807) is 30.3 Å². The van der Waals surface area contributed by atoms with Crippen LogP contribution in [0.25, 0.3) is 6.08 Å². The molecule has 4 fully saturated rings. The highest BCUT2D eigenvalue weighted by atomic mass is 16.6. The molecule has 0 aromatic heterocycles. The number of carbonyl (C=O) groups excluding carboxylic acids is 1. The SMILES string of the molecule is CC1(C)CC[C@]2(C(=O)O)CC[C@]3(C)C(=CC[C@@H]4[C@@]5(C)C[C@@H](O)[C@H](OC(=O)C=Cc6ccc(O)cc6)C(C)(C)[C@@H]5CC[C@]43C)[C@H]2C1. The first-order chi connectivity index (χ1) is 20.9. The Labute approximate surface area is 269 Å². The van der Waals surface area contributed by atoms with Gasteiger partial charge in [0.15, 0.2) is 0 Å². The van der Waals surface area contributed by atoms with Gasteiger partial charge >= 0.3 is 11.9 Å². The van der Waals surface area contributed by atoms with Crippen LogP contribution in [0.2, 0.25) is 0 Å². The third-order valence-corrected chi connectivity index (χ3v) is 14.5. The van der Waals surface area contributed by atoms with E-state index in [2.05, 4.69) is 54.5 Å². The van der Waals surface area contributed by atoms with Crippen molar-refractivity contribution in [3.8, 4) is 5.75 Å². The summed E-state index contributed by atoms with van der Waals surface area (Å²) in [6.45, 7) is 16.3. The summed E-state index contributed by atoms with van der Waals surface area (Å²) in [4.78, 5) is 26.0. The van der Waals surface area contributed by atoms with Crippen molar-refractivity contribution in [3.63, 3.8) is 0 Å². The van der Waals surface area contributed by atoms with Crippen molar-refractivity contribution in [2.75, 3.05) is 0 Å². The molecular weight excluding hydrogens is 564 g/mol. The van der Waals surface area contributed by atoms with Gasteiger partial charge in [0.05, 0.1) is 11.5 Å². The standard InChI is InChI=1S/C39H54O6/c1-34(2)18-20-39(33(43)44)21-19-37(6)26(27(39)22-34)13-14-30-36(5)23-28(41)32(35(3,4)29(36)16-17-38(30,37)7)45-31(42)15-10-24-8-11-25(40)12-9-24/h8-13,15,27-30,32,40-41H,14,16-23H2,1-7H3,(H,43,44)/t27-,28-,29+,30-,32+,36+,37-,38-,39+/m1/s1. The molecule has 246 valence electrons. The first-order valence-electron chi connectivity index (χ1n) is 17.2. The number of esters is 1. The van der Waals surface area contributed by atoms with Crippen molar-refractivity contribution >= 4 is 18.0 Å². The van der Waals surface area contributed by atoms with Crippen LogP contribution in [0.15, 0.2) is 42.0 Å². The lowest BCUT2D eigenvalue weighted by molar-refractivity contribution is -0.238. The van der Waals surface area contributed by atoms with E-state index in [0.29, 0.717) is 12.3 Å². The highest BCUT2D eigenvalue weighted by molar-refractivity contribution is 5.87. The predicted octanol–water partition coefficient (Wildman–Crippen LogP) is 8.17. The number of aromatic hydroxyl groups is 1. The lowest BCUT2D eigenvalue weighted by atomic mass is 9.33. The number of ether oxygens (including phenoxy) is 1. The maximum Gasteiger partial charge on any atom is 0.331 e. The highest BCUT2D eigenvalue weighted by Gasteiger charge is 2.70. The largest absolute Gasteiger partial charge is 0.508 e. The summed E-state index contributed by atoms with van der Waals surface area (Å²) in [6, 6.07) is 6.62. The number of aliphatic hydroxyl groups excluding tert-OH is 1. The molecule has 0 unspecified atom stereocenters. The molecule has 0 amide bonds. The minimum absolute atomic E-state index is 0.0131. The molecule has 0 bridgehead atoms. The predicted molar refractivity (Wildman–Crippen MR) is 175 cm³/mol. The molecule has 4 saturated carbocycles. The van der Waals surface area contributed by atoms with Crippen molar-refractivity contribution in [1.82, 2.24) is 0 Å². The molecule has 6 nitrogen and oxygen atoms in total. The van der Waals surface area contributed by atoms with E-state index in [9.17, 15) is 24.9 Å². The van der Waals surface area contributed by atoms with Crippen LogP contribution in [0.4, 0.5) is 0 Å². The van der Waals surface area contributed by atoms with Gasteiger partial charge in [-0.1, -0.05) is 72.2 Å². The van der Waals surface area contributed by atoms with Gasteiger partial charge in [-0.3, -0.25) is 4.79 Å². The lowest BCUT2D eigenvalue weighted by Gasteiger charge is -2.71. The second-order valence-electron chi connectivity index (χ2n) is 17.6. The molecular formula is C39H54O6. The third-order valence-electron chi connectivity index (χ3n) is 14.5. The van der Waals surface area contributed by atoms with E-state index in [-0.39, 0.29) is 39.2 Å². The van der Waals surface area contributed by atoms with Crippen LogP contribution in [0.5, 0.6) is 5.75 Å². The second-order valence-corrected chi connectivity index (χ2v) is 17.6. The van der Waals surface area contributed by atoms with Gasteiger partial charge in [0, 0.05) is 11.5 Å². The molecule has 6 rings (SSSR count). The van der Waals surface area contributed by atoms with Crippen LogP contribution in [0.1, 0.15) is 112 Å². The van der Waals surface area contributed by atoms with Crippen LogP contribution in [-0.2, 0) is 14.3 Å².